The molecule has 0 radical (unpaired) electrons. The molecule has 0 spiro atoms. The van der Waals surface area contributed by atoms with E-state index in [-0.39, 0.29) is 5.91 Å². The van der Waals surface area contributed by atoms with Crippen molar-refractivity contribution in [3.63, 3.8) is 0 Å². The lowest BCUT2D eigenvalue weighted by molar-refractivity contribution is -0.138. The van der Waals surface area contributed by atoms with Crippen molar-refractivity contribution >= 4 is 17.9 Å². The summed E-state index contributed by atoms with van der Waals surface area (Å²) in [5.41, 5.74) is 0.632. The first-order valence-corrected chi connectivity index (χ1v) is 7.41. The van der Waals surface area contributed by atoms with E-state index in [0.717, 1.165) is 6.29 Å². The standard InChI is InChI=1S/C18H17NO5/c1-22-13-5-3-12(4-6-13)19-16(11-20)17(18(19)21)24-15-9-7-14(23-2)8-10-15/h3-11,16-17H,1-2H3/t16-,17+/m0/s1. The van der Waals surface area contributed by atoms with Crippen molar-refractivity contribution in [1.29, 1.82) is 0 Å². The lowest BCUT2D eigenvalue weighted by atomic mass is 9.97. The Kier molecular flexibility index (Phi) is 4.37. The summed E-state index contributed by atoms with van der Waals surface area (Å²) >= 11 is 0. The summed E-state index contributed by atoms with van der Waals surface area (Å²) in [7, 11) is 3.14. The molecule has 24 heavy (non-hydrogen) atoms. The summed E-state index contributed by atoms with van der Waals surface area (Å²) in [4.78, 5) is 25.2. The maximum Gasteiger partial charge on any atom is 0.271 e. The van der Waals surface area contributed by atoms with Gasteiger partial charge in [0, 0.05) is 5.69 Å². The average molecular weight is 327 g/mol. The number of anilines is 1. The van der Waals surface area contributed by atoms with Crippen molar-refractivity contribution in [2.75, 3.05) is 19.1 Å². The molecular formula is C18H17NO5. The van der Waals surface area contributed by atoms with Crippen molar-refractivity contribution in [2.24, 2.45) is 0 Å². The van der Waals surface area contributed by atoms with Crippen LogP contribution in [0.3, 0.4) is 0 Å². The molecule has 1 aliphatic heterocycles. The third kappa shape index (κ3) is 2.78. The maximum absolute atomic E-state index is 12.4. The van der Waals surface area contributed by atoms with Gasteiger partial charge in [0.1, 0.15) is 29.6 Å². The third-order valence-corrected chi connectivity index (χ3v) is 3.90. The zero-order chi connectivity index (χ0) is 17.1. The molecule has 1 fully saturated rings. The highest BCUT2D eigenvalue weighted by molar-refractivity contribution is 6.10. The van der Waals surface area contributed by atoms with Crippen LogP contribution in [0.2, 0.25) is 0 Å². The summed E-state index contributed by atoms with van der Waals surface area (Å²) < 4.78 is 15.8. The van der Waals surface area contributed by atoms with Gasteiger partial charge in [-0.3, -0.25) is 9.69 Å². The van der Waals surface area contributed by atoms with Gasteiger partial charge in [0.05, 0.1) is 14.2 Å². The van der Waals surface area contributed by atoms with E-state index in [2.05, 4.69) is 0 Å². The lowest BCUT2D eigenvalue weighted by Crippen LogP contribution is -2.68. The number of benzene rings is 2. The van der Waals surface area contributed by atoms with E-state index in [1.165, 1.54) is 4.90 Å². The second-order valence-corrected chi connectivity index (χ2v) is 5.25. The second-order valence-electron chi connectivity index (χ2n) is 5.25. The molecule has 6 heteroatoms. The quantitative estimate of drug-likeness (QED) is 0.600. The number of methoxy groups -OCH3 is 2. The first-order chi connectivity index (χ1) is 11.7. The summed E-state index contributed by atoms with van der Waals surface area (Å²) in [5, 5.41) is 0. The van der Waals surface area contributed by atoms with Gasteiger partial charge in [-0.2, -0.15) is 0 Å². The molecule has 0 saturated carbocycles. The van der Waals surface area contributed by atoms with Gasteiger partial charge >= 0.3 is 0 Å². The highest BCUT2D eigenvalue weighted by Crippen LogP contribution is 2.31. The summed E-state index contributed by atoms with van der Waals surface area (Å²) in [6.45, 7) is 0. The van der Waals surface area contributed by atoms with Gasteiger partial charge in [-0.1, -0.05) is 0 Å². The molecule has 1 heterocycles. The Morgan fingerprint density at radius 3 is 1.88 bits per heavy atom. The molecular weight excluding hydrogens is 310 g/mol. The molecule has 0 bridgehead atoms. The molecule has 2 atom stereocenters. The molecule has 2 aromatic carbocycles. The normalized spacial score (nSPS) is 19.4. The Morgan fingerprint density at radius 1 is 0.875 bits per heavy atom. The first kappa shape index (κ1) is 15.9. The highest BCUT2D eigenvalue weighted by Gasteiger charge is 2.50. The number of carbonyl (C=O) groups is 2. The monoisotopic (exact) mass is 327 g/mol. The number of amides is 1. The summed E-state index contributed by atoms with van der Waals surface area (Å²) in [5.74, 6) is 1.62. The topological polar surface area (TPSA) is 65.1 Å². The first-order valence-electron chi connectivity index (χ1n) is 7.41. The Morgan fingerprint density at radius 2 is 1.38 bits per heavy atom. The largest absolute Gasteiger partial charge is 0.497 e. The van der Waals surface area contributed by atoms with Gasteiger partial charge < -0.3 is 19.0 Å². The predicted octanol–water partition coefficient (Wildman–Crippen LogP) is 2.07. The predicted molar refractivity (Wildman–Crippen MR) is 87.7 cm³/mol. The van der Waals surface area contributed by atoms with Gasteiger partial charge in [0.15, 0.2) is 0 Å². The summed E-state index contributed by atoms with van der Waals surface area (Å²) in [6.07, 6.45) is -0.0993. The van der Waals surface area contributed by atoms with Gasteiger partial charge in [-0.15, -0.1) is 0 Å². The van der Waals surface area contributed by atoms with Crippen molar-refractivity contribution in [2.45, 2.75) is 12.1 Å². The number of aldehydes is 1. The molecule has 1 saturated heterocycles. The zero-order valence-electron chi connectivity index (χ0n) is 13.3. The number of hydrogen-bond donors (Lipinski definition) is 0. The molecule has 2 aromatic rings. The van der Waals surface area contributed by atoms with Crippen LogP contribution >= 0.6 is 0 Å². The van der Waals surface area contributed by atoms with Crippen molar-refractivity contribution in [3.05, 3.63) is 48.5 Å². The van der Waals surface area contributed by atoms with Crippen molar-refractivity contribution < 1.29 is 23.8 Å². The molecule has 0 aliphatic carbocycles. The number of nitrogens with zero attached hydrogens (tertiary/aromatic N) is 1. The van der Waals surface area contributed by atoms with Crippen molar-refractivity contribution in [3.8, 4) is 17.2 Å². The minimum atomic E-state index is -0.821. The van der Waals surface area contributed by atoms with E-state index in [0.29, 0.717) is 22.9 Å². The summed E-state index contributed by atoms with van der Waals surface area (Å²) in [6, 6.07) is 13.1. The van der Waals surface area contributed by atoms with Gasteiger partial charge in [-0.25, -0.2) is 0 Å². The number of hydrogen-bond acceptors (Lipinski definition) is 5. The van der Waals surface area contributed by atoms with Crippen molar-refractivity contribution in [1.82, 2.24) is 0 Å². The smallest absolute Gasteiger partial charge is 0.271 e. The van der Waals surface area contributed by atoms with Crippen LogP contribution in [-0.2, 0) is 9.59 Å². The number of β-lactam (4-membered cyclic amide) rings is 1. The molecule has 124 valence electrons. The zero-order valence-corrected chi connectivity index (χ0v) is 13.3. The van der Waals surface area contributed by atoms with Gasteiger partial charge in [0.25, 0.3) is 5.91 Å². The molecule has 0 unspecified atom stereocenters. The van der Waals surface area contributed by atoms with E-state index in [1.54, 1.807) is 62.8 Å². The van der Waals surface area contributed by atoms with Crippen LogP contribution in [0.5, 0.6) is 17.2 Å². The second kappa shape index (κ2) is 6.62. The number of carbonyl (C=O) groups excluding carboxylic acids is 2. The highest BCUT2D eigenvalue weighted by atomic mass is 16.5. The third-order valence-electron chi connectivity index (χ3n) is 3.90. The Labute approximate surface area is 139 Å². The molecule has 1 amide bonds. The number of ether oxygens (including phenoxy) is 3. The van der Waals surface area contributed by atoms with Crippen LogP contribution in [-0.4, -0.2) is 38.6 Å². The molecule has 6 nitrogen and oxygen atoms in total. The van der Waals surface area contributed by atoms with Crippen LogP contribution in [0.4, 0.5) is 5.69 Å². The van der Waals surface area contributed by atoms with E-state index in [4.69, 9.17) is 14.2 Å². The fourth-order valence-electron chi connectivity index (χ4n) is 2.58. The minimum Gasteiger partial charge on any atom is -0.497 e. The van der Waals surface area contributed by atoms with Crippen LogP contribution in [0.15, 0.2) is 48.5 Å². The SMILES string of the molecule is COc1ccc(O[C@H]2C(=O)N(c3ccc(OC)cc3)[C@H]2C=O)cc1. The van der Waals surface area contributed by atoms with E-state index in [9.17, 15) is 9.59 Å². The van der Waals surface area contributed by atoms with Crippen LogP contribution < -0.4 is 19.1 Å². The van der Waals surface area contributed by atoms with Crippen LogP contribution in [0.25, 0.3) is 0 Å². The maximum atomic E-state index is 12.4. The van der Waals surface area contributed by atoms with Gasteiger partial charge in [-0.05, 0) is 48.5 Å². The Bertz CT molecular complexity index is 726. The average Bonchev–Trinajstić information content (AvgIpc) is 2.64. The van der Waals surface area contributed by atoms with E-state index < -0.39 is 12.1 Å². The fraction of sp³-hybridized carbons (Fsp3) is 0.222. The fourth-order valence-corrected chi connectivity index (χ4v) is 2.58. The molecule has 1 aliphatic rings. The molecule has 3 rings (SSSR count). The molecule has 0 aromatic heterocycles. The van der Waals surface area contributed by atoms with Gasteiger partial charge in [0.2, 0.25) is 6.10 Å². The Balaban J connectivity index is 1.74. The van der Waals surface area contributed by atoms with Crippen LogP contribution in [0.1, 0.15) is 0 Å². The van der Waals surface area contributed by atoms with E-state index in [1.807, 2.05) is 0 Å². The van der Waals surface area contributed by atoms with Crippen LogP contribution in [0, 0.1) is 0 Å². The number of rotatable bonds is 6. The Hall–Kier alpha value is -3.02. The minimum absolute atomic E-state index is 0.256. The lowest BCUT2D eigenvalue weighted by Gasteiger charge is -2.43. The molecule has 0 N–H and O–H groups in total. The van der Waals surface area contributed by atoms with E-state index >= 15 is 0 Å².